The highest BCUT2D eigenvalue weighted by Gasteiger charge is 2.34. The molecule has 1 aliphatic rings. The fraction of sp³-hybridized carbons (Fsp3) is 0.583. The van der Waals surface area contributed by atoms with Crippen LogP contribution in [-0.2, 0) is 4.74 Å². The van der Waals surface area contributed by atoms with Crippen LogP contribution in [0.1, 0.15) is 20.8 Å². The van der Waals surface area contributed by atoms with Crippen molar-refractivity contribution in [2.24, 2.45) is 0 Å². The van der Waals surface area contributed by atoms with Crippen LogP contribution in [0.15, 0.2) is 6.20 Å². The van der Waals surface area contributed by atoms with E-state index in [0.717, 1.165) is 6.20 Å². The smallest absolute Gasteiger partial charge is 0.410 e. The van der Waals surface area contributed by atoms with Gasteiger partial charge in [0.05, 0.1) is 12.2 Å². The van der Waals surface area contributed by atoms with Gasteiger partial charge in [-0.05, 0) is 32.4 Å². The average Bonchev–Trinajstić information content (AvgIpc) is 2.24. The first kappa shape index (κ1) is 14.8. The molecule has 1 aliphatic heterocycles. The Morgan fingerprint density at radius 3 is 2.80 bits per heavy atom. The Morgan fingerprint density at radius 1 is 1.55 bits per heavy atom. The van der Waals surface area contributed by atoms with Gasteiger partial charge in [0, 0.05) is 13.1 Å². The molecular weight excluding hydrogens is 287 g/mol. The predicted molar refractivity (Wildman–Crippen MR) is 72.2 cm³/mol. The van der Waals surface area contributed by atoms with E-state index in [2.05, 4.69) is 15.3 Å². The molecule has 0 saturated carbocycles. The second kappa shape index (κ2) is 5.40. The number of anilines is 1. The molecule has 1 amide bonds. The number of carbonyl (C=O) groups is 1. The van der Waals surface area contributed by atoms with Crippen LogP contribution in [0.25, 0.3) is 0 Å². The van der Waals surface area contributed by atoms with Crippen molar-refractivity contribution in [2.45, 2.75) is 32.4 Å². The van der Waals surface area contributed by atoms with Gasteiger partial charge in [0.2, 0.25) is 5.28 Å². The summed E-state index contributed by atoms with van der Waals surface area (Å²) in [6.07, 6.45) is 0.624. The second-order valence-corrected chi connectivity index (χ2v) is 5.90. The molecule has 1 fully saturated rings. The predicted octanol–water partition coefficient (Wildman–Crippen LogP) is 2.30. The number of ether oxygens (including phenoxy) is 1. The molecule has 0 aromatic carbocycles. The third-order valence-electron chi connectivity index (χ3n) is 2.59. The highest BCUT2D eigenvalue weighted by molar-refractivity contribution is 6.28. The number of amides is 1. The van der Waals surface area contributed by atoms with Crippen LogP contribution in [0, 0.1) is 5.82 Å². The zero-order valence-electron chi connectivity index (χ0n) is 11.5. The third kappa shape index (κ3) is 3.69. The van der Waals surface area contributed by atoms with Crippen LogP contribution in [0.2, 0.25) is 5.28 Å². The second-order valence-electron chi connectivity index (χ2n) is 5.56. The molecular formula is C12H16ClFN4O2. The van der Waals surface area contributed by atoms with Gasteiger partial charge in [0.1, 0.15) is 5.60 Å². The topological polar surface area (TPSA) is 67.3 Å². The Labute approximate surface area is 121 Å². The standard InChI is InChI=1S/C12H16ClFN4O2/c1-12(2,3)20-11(19)18-5-7(6-18)16-9-8(14)4-15-10(13)17-9/h4,7H,5-6H2,1-3H3,(H,15,16,17). The maximum absolute atomic E-state index is 13.4. The third-order valence-corrected chi connectivity index (χ3v) is 2.77. The van der Waals surface area contributed by atoms with Gasteiger partial charge in [-0.15, -0.1) is 0 Å². The first-order valence-electron chi connectivity index (χ1n) is 6.17. The minimum Gasteiger partial charge on any atom is -0.444 e. The summed E-state index contributed by atoms with van der Waals surface area (Å²) in [7, 11) is 0. The quantitative estimate of drug-likeness (QED) is 0.849. The van der Waals surface area contributed by atoms with Crippen LogP contribution in [-0.4, -0.2) is 45.7 Å². The zero-order chi connectivity index (χ0) is 14.9. The molecule has 0 aliphatic carbocycles. The lowest BCUT2D eigenvalue weighted by Gasteiger charge is -2.40. The molecule has 0 spiro atoms. The SMILES string of the molecule is CC(C)(C)OC(=O)N1CC(Nc2nc(Cl)ncc2F)C1. The molecule has 0 bridgehead atoms. The van der Waals surface area contributed by atoms with Crippen molar-refractivity contribution in [3.05, 3.63) is 17.3 Å². The Kier molecular flexibility index (Phi) is 3.99. The summed E-state index contributed by atoms with van der Waals surface area (Å²) in [6, 6.07) is -0.0806. The van der Waals surface area contributed by atoms with E-state index < -0.39 is 11.4 Å². The van der Waals surface area contributed by atoms with Crippen molar-refractivity contribution < 1.29 is 13.9 Å². The zero-order valence-corrected chi connectivity index (χ0v) is 12.2. The fourth-order valence-electron chi connectivity index (χ4n) is 1.69. The van der Waals surface area contributed by atoms with Crippen LogP contribution in [0.4, 0.5) is 15.0 Å². The number of aromatic nitrogens is 2. The van der Waals surface area contributed by atoms with Gasteiger partial charge in [-0.25, -0.2) is 14.2 Å². The minimum atomic E-state index is -0.579. The molecule has 1 N–H and O–H groups in total. The Bertz CT molecular complexity index is 515. The van der Waals surface area contributed by atoms with Crippen molar-refractivity contribution in [1.82, 2.24) is 14.9 Å². The van der Waals surface area contributed by atoms with Gasteiger partial charge in [0.15, 0.2) is 11.6 Å². The van der Waals surface area contributed by atoms with Crippen molar-refractivity contribution in [3.63, 3.8) is 0 Å². The lowest BCUT2D eigenvalue weighted by Crippen LogP contribution is -2.58. The molecule has 1 saturated heterocycles. The van der Waals surface area contributed by atoms with Crippen molar-refractivity contribution in [1.29, 1.82) is 0 Å². The van der Waals surface area contributed by atoms with Gasteiger partial charge in [-0.1, -0.05) is 0 Å². The molecule has 0 radical (unpaired) electrons. The van der Waals surface area contributed by atoms with Gasteiger partial charge in [-0.3, -0.25) is 0 Å². The van der Waals surface area contributed by atoms with Crippen LogP contribution in [0.3, 0.4) is 0 Å². The van der Waals surface area contributed by atoms with Crippen LogP contribution < -0.4 is 5.32 Å². The number of halogens is 2. The Morgan fingerprint density at radius 2 is 2.20 bits per heavy atom. The van der Waals surface area contributed by atoms with E-state index in [9.17, 15) is 9.18 Å². The lowest BCUT2D eigenvalue weighted by molar-refractivity contribution is 0.0104. The highest BCUT2D eigenvalue weighted by atomic mass is 35.5. The average molecular weight is 303 g/mol. The minimum absolute atomic E-state index is 0.0304. The lowest BCUT2D eigenvalue weighted by atomic mass is 10.1. The number of likely N-dealkylation sites (tertiary alicyclic amines) is 1. The maximum atomic E-state index is 13.4. The van der Waals surface area contributed by atoms with E-state index in [-0.39, 0.29) is 23.2 Å². The molecule has 1 aromatic heterocycles. The highest BCUT2D eigenvalue weighted by Crippen LogP contribution is 2.19. The van der Waals surface area contributed by atoms with Crippen molar-refractivity contribution in [2.75, 3.05) is 18.4 Å². The summed E-state index contributed by atoms with van der Waals surface area (Å²) in [4.78, 5) is 20.5. The van der Waals surface area contributed by atoms with Gasteiger partial charge in [0.25, 0.3) is 0 Å². The molecule has 2 heterocycles. The van der Waals surface area contributed by atoms with E-state index in [4.69, 9.17) is 16.3 Å². The molecule has 2 rings (SSSR count). The first-order valence-corrected chi connectivity index (χ1v) is 6.55. The number of hydrogen-bond donors (Lipinski definition) is 1. The van der Waals surface area contributed by atoms with Gasteiger partial charge in [-0.2, -0.15) is 4.98 Å². The van der Waals surface area contributed by atoms with Crippen molar-refractivity contribution >= 4 is 23.5 Å². The maximum Gasteiger partial charge on any atom is 0.410 e. The number of rotatable bonds is 2. The molecule has 0 atom stereocenters. The summed E-state index contributed by atoms with van der Waals surface area (Å²) in [5.41, 5.74) is -0.526. The van der Waals surface area contributed by atoms with E-state index in [1.807, 2.05) is 0 Å². The molecule has 110 valence electrons. The normalized spacial score (nSPS) is 15.8. The molecule has 6 nitrogen and oxygen atoms in total. The molecule has 1 aromatic rings. The fourth-order valence-corrected chi connectivity index (χ4v) is 1.82. The Balaban J connectivity index is 1.85. The van der Waals surface area contributed by atoms with Gasteiger partial charge < -0.3 is 15.0 Å². The monoisotopic (exact) mass is 302 g/mol. The van der Waals surface area contributed by atoms with E-state index in [1.165, 1.54) is 4.90 Å². The summed E-state index contributed by atoms with van der Waals surface area (Å²) in [6.45, 7) is 6.27. The first-order chi connectivity index (χ1) is 9.24. The summed E-state index contributed by atoms with van der Waals surface area (Å²) in [5, 5.41) is 2.84. The number of nitrogens with one attached hydrogen (secondary N) is 1. The van der Waals surface area contributed by atoms with Crippen molar-refractivity contribution in [3.8, 4) is 0 Å². The van der Waals surface area contributed by atoms with Crippen LogP contribution >= 0.6 is 11.6 Å². The van der Waals surface area contributed by atoms with E-state index >= 15 is 0 Å². The summed E-state index contributed by atoms with van der Waals surface area (Å²) in [5.74, 6) is -0.538. The van der Waals surface area contributed by atoms with Gasteiger partial charge >= 0.3 is 6.09 Å². The summed E-state index contributed by atoms with van der Waals surface area (Å²) >= 11 is 5.60. The number of nitrogens with zero attached hydrogens (tertiary/aromatic N) is 3. The van der Waals surface area contributed by atoms with E-state index in [0.29, 0.717) is 13.1 Å². The van der Waals surface area contributed by atoms with E-state index in [1.54, 1.807) is 20.8 Å². The molecule has 0 unspecified atom stereocenters. The largest absolute Gasteiger partial charge is 0.444 e. The number of carbonyl (C=O) groups excluding carboxylic acids is 1. The van der Waals surface area contributed by atoms with Crippen LogP contribution in [0.5, 0.6) is 0 Å². The molecule has 20 heavy (non-hydrogen) atoms. The Hall–Kier alpha value is -1.63. The number of hydrogen-bond acceptors (Lipinski definition) is 5. The summed E-state index contributed by atoms with van der Waals surface area (Å²) < 4.78 is 18.6. The molecule has 8 heteroatoms.